The Morgan fingerprint density at radius 1 is 1.10 bits per heavy atom. The number of carbonyl (C=O) groups is 2. The molecule has 2 atom stereocenters. The average molecular weight is 283 g/mol. The van der Waals surface area contributed by atoms with Gasteiger partial charge in [-0.3, -0.25) is 4.79 Å². The molecule has 0 aromatic carbocycles. The highest BCUT2D eigenvalue weighted by atomic mass is 16.4. The van der Waals surface area contributed by atoms with Crippen molar-refractivity contribution in [3.63, 3.8) is 0 Å². The van der Waals surface area contributed by atoms with E-state index in [0.29, 0.717) is 6.42 Å². The van der Waals surface area contributed by atoms with Gasteiger partial charge in [0.15, 0.2) is 0 Å². The van der Waals surface area contributed by atoms with Crippen molar-refractivity contribution in [1.82, 2.24) is 15.1 Å². The van der Waals surface area contributed by atoms with E-state index in [1.807, 2.05) is 4.90 Å². The average Bonchev–Trinajstić information content (AvgIpc) is 2.64. The lowest BCUT2D eigenvalue weighted by molar-refractivity contribution is -0.143. The largest absolute Gasteiger partial charge is 0.481 e. The van der Waals surface area contributed by atoms with Crippen molar-refractivity contribution in [1.29, 1.82) is 0 Å². The van der Waals surface area contributed by atoms with E-state index >= 15 is 0 Å². The lowest BCUT2D eigenvalue weighted by Gasteiger charge is -2.30. The van der Waals surface area contributed by atoms with Gasteiger partial charge >= 0.3 is 12.0 Å². The number of urea groups is 1. The molecule has 0 bridgehead atoms. The van der Waals surface area contributed by atoms with Gasteiger partial charge in [-0.15, -0.1) is 0 Å². The summed E-state index contributed by atoms with van der Waals surface area (Å²) < 4.78 is 0. The van der Waals surface area contributed by atoms with Gasteiger partial charge in [0.25, 0.3) is 0 Å². The Morgan fingerprint density at radius 2 is 1.90 bits per heavy atom. The second-order valence-corrected chi connectivity index (χ2v) is 5.99. The number of hydrogen-bond acceptors (Lipinski definition) is 3. The molecule has 2 rings (SSSR count). The molecule has 2 amide bonds. The van der Waals surface area contributed by atoms with Crippen LogP contribution >= 0.6 is 0 Å². The third kappa shape index (κ3) is 4.10. The first-order chi connectivity index (χ1) is 9.56. The maximum Gasteiger partial charge on any atom is 0.317 e. The highest BCUT2D eigenvalue weighted by Gasteiger charge is 2.29. The zero-order valence-electron chi connectivity index (χ0n) is 12.2. The Morgan fingerprint density at radius 3 is 2.65 bits per heavy atom. The summed E-state index contributed by atoms with van der Waals surface area (Å²) in [5, 5.41) is 12.1. The molecule has 114 valence electrons. The topological polar surface area (TPSA) is 72.9 Å². The van der Waals surface area contributed by atoms with E-state index in [4.69, 9.17) is 5.11 Å². The van der Waals surface area contributed by atoms with Crippen molar-refractivity contribution in [2.24, 2.45) is 5.92 Å². The molecule has 0 spiro atoms. The van der Waals surface area contributed by atoms with E-state index in [2.05, 4.69) is 17.3 Å². The fraction of sp³-hybridized carbons (Fsp3) is 0.857. The third-order valence-electron chi connectivity index (χ3n) is 4.36. The molecule has 2 fully saturated rings. The maximum atomic E-state index is 12.3. The van der Waals surface area contributed by atoms with Gasteiger partial charge in [-0.05, 0) is 39.3 Å². The lowest BCUT2D eigenvalue weighted by atomic mass is 9.86. The lowest BCUT2D eigenvalue weighted by Crippen LogP contribution is -2.47. The van der Waals surface area contributed by atoms with Gasteiger partial charge < -0.3 is 20.2 Å². The summed E-state index contributed by atoms with van der Waals surface area (Å²) in [6.45, 7) is 3.45. The Kier molecular flexibility index (Phi) is 5.23. The van der Waals surface area contributed by atoms with Gasteiger partial charge in [0.05, 0.1) is 5.92 Å². The van der Waals surface area contributed by atoms with Crippen molar-refractivity contribution in [3.05, 3.63) is 0 Å². The fourth-order valence-electron chi connectivity index (χ4n) is 3.06. The fourth-order valence-corrected chi connectivity index (χ4v) is 3.06. The number of nitrogens with one attached hydrogen (secondary N) is 1. The first-order valence-corrected chi connectivity index (χ1v) is 7.53. The van der Waals surface area contributed by atoms with Crippen LogP contribution in [0.2, 0.25) is 0 Å². The SMILES string of the molecule is CN1CCCN(C(=O)NC2CCCC(C(=O)O)C2)CC1. The van der Waals surface area contributed by atoms with Gasteiger partial charge in [-0.2, -0.15) is 0 Å². The monoisotopic (exact) mass is 283 g/mol. The summed E-state index contributed by atoms with van der Waals surface area (Å²) in [7, 11) is 2.07. The number of carboxylic acids is 1. The minimum absolute atomic E-state index is 0.0123. The smallest absolute Gasteiger partial charge is 0.317 e. The number of hydrogen-bond donors (Lipinski definition) is 2. The van der Waals surface area contributed by atoms with Gasteiger partial charge in [-0.1, -0.05) is 6.42 Å². The predicted molar refractivity (Wildman–Crippen MR) is 75.6 cm³/mol. The standard InChI is InChI=1S/C14H25N3O3/c1-16-6-3-7-17(9-8-16)14(20)15-12-5-2-4-11(10-12)13(18)19/h11-12H,2-10H2,1H3,(H,15,20)(H,18,19). The summed E-state index contributed by atoms with van der Waals surface area (Å²) in [6, 6.07) is -0.0188. The van der Waals surface area contributed by atoms with Gasteiger partial charge in [0.2, 0.25) is 0 Å². The number of carbonyl (C=O) groups excluding carboxylic acids is 1. The van der Waals surface area contributed by atoms with Crippen molar-refractivity contribution in [2.75, 3.05) is 33.2 Å². The molecule has 2 unspecified atom stereocenters. The quantitative estimate of drug-likeness (QED) is 0.792. The second kappa shape index (κ2) is 6.92. The van der Waals surface area contributed by atoms with Gasteiger partial charge in [-0.25, -0.2) is 4.79 Å². The van der Waals surface area contributed by atoms with Crippen LogP contribution in [0.4, 0.5) is 4.79 Å². The second-order valence-electron chi connectivity index (χ2n) is 5.99. The number of amides is 2. The molecular weight excluding hydrogens is 258 g/mol. The molecule has 0 aromatic heterocycles. The summed E-state index contributed by atoms with van der Waals surface area (Å²) in [5.41, 5.74) is 0. The predicted octanol–water partition coefficient (Wildman–Crippen LogP) is 0.977. The Hall–Kier alpha value is -1.30. The summed E-state index contributed by atoms with van der Waals surface area (Å²) in [4.78, 5) is 27.4. The van der Waals surface area contributed by atoms with E-state index in [0.717, 1.165) is 51.9 Å². The molecular formula is C14H25N3O3. The van der Waals surface area contributed by atoms with Crippen molar-refractivity contribution in [2.45, 2.75) is 38.1 Å². The van der Waals surface area contributed by atoms with Crippen LogP contribution in [0.15, 0.2) is 0 Å². The Bertz CT molecular complexity index is 362. The van der Waals surface area contributed by atoms with E-state index in [9.17, 15) is 9.59 Å². The minimum atomic E-state index is -0.736. The zero-order chi connectivity index (χ0) is 14.5. The van der Waals surface area contributed by atoms with Gasteiger partial charge in [0, 0.05) is 25.7 Å². The van der Waals surface area contributed by atoms with Crippen LogP contribution < -0.4 is 5.32 Å². The molecule has 6 nitrogen and oxygen atoms in total. The number of nitrogens with zero attached hydrogens (tertiary/aromatic N) is 2. The van der Waals surface area contributed by atoms with Crippen LogP contribution in [-0.2, 0) is 4.79 Å². The number of likely N-dealkylation sites (N-methyl/N-ethyl adjacent to an activating group) is 1. The van der Waals surface area contributed by atoms with Crippen LogP contribution in [0, 0.1) is 5.92 Å². The van der Waals surface area contributed by atoms with E-state index in [1.54, 1.807) is 0 Å². The molecule has 2 N–H and O–H groups in total. The molecule has 1 saturated heterocycles. The van der Waals surface area contributed by atoms with Crippen molar-refractivity contribution < 1.29 is 14.7 Å². The number of rotatable bonds is 2. The number of aliphatic carboxylic acids is 1. The molecule has 20 heavy (non-hydrogen) atoms. The highest BCUT2D eigenvalue weighted by molar-refractivity contribution is 5.75. The van der Waals surface area contributed by atoms with E-state index in [-0.39, 0.29) is 18.0 Å². The van der Waals surface area contributed by atoms with Crippen molar-refractivity contribution >= 4 is 12.0 Å². The molecule has 6 heteroatoms. The Labute approximate surface area is 120 Å². The van der Waals surface area contributed by atoms with Crippen LogP contribution in [-0.4, -0.2) is 66.2 Å². The summed E-state index contributed by atoms with van der Waals surface area (Å²) in [5.74, 6) is -1.04. The van der Waals surface area contributed by atoms with Crippen LogP contribution in [0.25, 0.3) is 0 Å². The van der Waals surface area contributed by atoms with Crippen LogP contribution in [0.3, 0.4) is 0 Å². The molecule has 0 aromatic rings. The molecule has 2 aliphatic rings. The van der Waals surface area contributed by atoms with Crippen molar-refractivity contribution in [3.8, 4) is 0 Å². The molecule has 1 aliphatic heterocycles. The third-order valence-corrected chi connectivity index (χ3v) is 4.36. The molecule has 0 radical (unpaired) electrons. The molecule has 1 saturated carbocycles. The minimum Gasteiger partial charge on any atom is -0.481 e. The first-order valence-electron chi connectivity index (χ1n) is 7.53. The highest BCUT2D eigenvalue weighted by Crippen LogP contribution is 2.24. The number of carboxylic acid groups (broad SMARTS) is 1. The normalized spacial score (nSPS) is 28.8. The van der Waals surface area contributed by atoms with Crippen LogP contribution in [0.5, 0.6) is 0 Å². The van der Waals surface area contributed by atoms with E-state index in [1.165, 1.54) is 0 Å². The molecule has 1 aliphatic carbocycles. The summed E-state index contributed by atoms with van der Waals surface area (Å²) in [6.07, 6.45) is 4.06. The zero-order valence-corrected chi connectivity index (χ0v) is 12.2. The van der Waals surface area contributed by atoms with E-state index < -0.39 is 5.97 Å². The first kappa shape index (κ1) is 15.1. The van der Waals surface area contributed by atoms with Gasteiger partial charge in [0.1, 0.15) is 0 Å². The Balaban J connectivity index is 1.82. The van der Waals surface area contributed by atoms with Crippen LogP contribution in [0.1, 0.15) is 32.1 Å². The maximum absolute atomic E-state index is 12.3. The summed E-state index contributed by atoms with van der Waals surface area (Å²) >= 11 is 0. The molecule has 1 heterocycles.